The van der Waals surface area contributed by atoms with Gasteiger partial charge in [-0.1, -0.05) is 55.5 Å². The second kappa shape index (κ2) is 6.02. The lowest BCUT2D eigenvalue weighted by molar-refractivity contribution is 0.481. The van der Waals surface area contributed by atoms with Gasteiger partial charge in [0.2, 0.25) is 0 Å². The first kappa shape index (κ1) is 14.3. The lowest BCUT2D eigenvalue weighted by atomic mass is 10.0. The van der Waals surface area contributed by atoms with Crippen LogP contribution in [-0.4, -0.2) is 11.3 Å². The Morgan fingerprint density at radius 2 is 1.82 bits per heavy atom. The van der Waals surface area contributed by atoms with Crippen LogP contribution in [-0.2, 0) is 6.42 Å². The van der Waals surface area contributed by atoms with Gasteiger partial charge >= 0.3 is 0 Å². The number of rotatable bonds is 3. The zero-order valence-electron chi connectivity index (χ0n) is 12.9. The molecule has 3 rings (SSSR count). The van der Waals surface area contributed by atoms with Gasteiger partial charge < -0.3 is 5.11 Å². The van der Waals surface area contributed by atoms with Crippen LogP contribution in [0.25, 0.3) is 10.8 Å². The molecule has 0 unspecified atom stereocenters. The molecular weight excluding hydrogens is 270 g/mol. The van der Waals surface area contributed by atoms with E-state index >= 15 is 0 Å². The van der Waals surface area contributed by atoms with Gasteiger partial charge in [-0.2, -0.15) is 0 Å². The fraction of sp³-hybridized carbons (Fsp3) is 0.150. The Hall–Kier alpha value is -2.61. The highest BCUT2D eigenvalue weighted by Gasteiger charge is 2.05. The average Bonchev–Trinajstić information content (AvgIpc) is 2.55. The summed E-state index contributed by atoms with van der Waals surface area (Å²) in [7, 11) is 0. The molecule has 3 aromatic carbocycles. The van der Waals surface area contributed by atoms with E-state index in [-0.39, 0.29) is 5.75 Å². The van der Waals surface area contributed by atoms with Crippen molar-refractivity contribution < 1.29 is 5.11 Å². The summed E-state index contributed by atoms with van der Waals surface area (Å²) in [5.41, 5.74) is 4.11. The Morgan fingerprint density at radius 1 is 1.00 bits per heavy atom. The molecule has 0 heterocycles. The molecule has 0 aliphatic rings. The first-order valence-electron chi connectivity index (χ1n) is 7.54. The smallest absolute Gasteiger partial charge is 0.132 e. The quantitative estimate of drug-likeness (QED) is 0.663. The number of nitrogens with zero attached hydrogens (tertiary/aromatic N) is 1. The zero-order valence-corrected chi connectivity index (χ0v) is 12.9. The Labute approximate surface area is 130 Å². The molecule has 0 saturated carbocycles. The van der Waals surface area contributed by atoms with Crippen LogP contribution >= 0.6 is 0 Å². The maximum Gasteiger partial charge on any atom is 0.132 e. The molecular formula is C20H19NO. The molecule has 3 aromatic rings. The molecule has 0 saturated heterocycles. The summed E-state index contributed by atoms with van der Waals surface area (Å²) in [6.45, 7) is 4.19. The van der Waals surface area contributed by atoms with Crippen LogP contribution in [0.3, 0.4) is 0 Å². The third-order valence-corrected chi connectivity index (χ3v) is 3.97. The Bertz CT molecular complexity index is 849. The number of aliphatic imine (C=N–C) groups is 1. The fourth-order valence-electron chi connectivity index (χ4n) is 2.70. The van der Waals surface area contributed by atoms with Crippen LogP contribution in [0.5, 0.6) is 5.75 Å². The molecule has 22 heavy (non-hydrogen) atoms. The number of phenols is 1. The number of aryl methyl sites for hydroxylation is 2. The molecule has 0 aromatic heterocycles. The minimum Gasteiger partial charge on any atom is -0.507 e. The van der Waals surface area contributed by atoms with Crippen molar-refractivity contribution in [1.82, 2.24) is 0 Å². The van der Waals surface area contributed by atoms with Gasteiger partial charge in [-0.25, -0.2) is 0 Å². The monoisotopic (exact) mass is 289 g/mol. The number of hydrogen-bond acceptors (Lipinski definition) is 2. The third kappa shape index (κ3) is 2.60. The SMILES string of the molecule is CCc1cccc(C)c1N=Cc1ccc2ccccc2c1O. The number of phenolic OH excluding ortho intramolecular Hbond substituents is 1. The zero-order chi connectivity index (χ0) is 15.5. The molecule has 0 atom stereocenters. The molecule has 0 bridgehead atoms. The van der Waals surface area contributed by atoms with E-state index in [0.29, 0.717) is 0 Å². The molecule has 0 fully saturated rings. The number of hydrogen-bond donors (Lipinski definition) is 1. The topological polar surface area (TPSA) is 32.6 Å². The maximum atomic E-state index is 10.4. The molecule has 0 amide bonds. The van der Waals surface area contributed by atoms with Gasteiger partial charge in [0.05, 0.1) is 5.69 Å². The minimum atomic E-state index is 0.286. The average molecular weight is 289 g/mol. The lowest BCUT2D eigenvalue weighted by Gasteiger charge is -2.07. The molecule has 2 nitrogen and oxygen atoms in total. The van der Waals surface area contributed by atoms with Crippen molar-refractivity contribution in [3.63, 3.8) is 0 Å². The summed E-state index contributed by atoms with van der Waals surface area (Å²) in [4.78, 5) is 4.63. The summed E-state index contributed by atoms with van der Waals surface area (Å²) >= 11 is 0. The lowest BCUT2D eigenvalue weighted by Crippen LogP contribution is -1.88. The van der Waals surface area contributed by atoms with Crippen LogP contribution in [0.4, 0.5) is 5.69 Å². The van der Waals surface area contributed by atoms with E-state index in [1.54, 1.807) is 6.21 Å². The van der Waals surface area contributed by atoms with Gasteiger partial charge in [0.25, 0.3) is 0 Å². The highest BCUT2D eigenvalue weighted by atomic mass is 16.3. The van der Waals surface area contributed by atoms with Crippen LogP contribution in [0.15, 0.2) is 59.6 Å². The molecule has 0 aliphatic carbocycles. The van der Waals surface area contributed by atoms with E-state index in [1.807, 2.05) is 36.4 Å². The summed E-state index contributed by atoms with van der Waals surface area (Å²) < 4.78 is 0. The van der Waals surface area contributed by atoms with E-state index in [9.17, 15) is 5.11 Å². The number of fused-ring (bicyclic) bond motifs is 1. The van der Waals surface area contributed by atoms with Crippen LogP contribution in [0.2, 0.25) is 0 Å². The Kier molecular flexibility index (Phi) is 3.92. The van der Waals surface area contributed by atoms with Crippen molar-refractivity contribution in [3.8, 4) is 5.75 Å². The summed E-state index contributed by atoms with van der Waals surface area (Å²) in [6.07, 6.45) is 2.70. The number of benzene rings is 3. The van der Waals surface area contributed by atoms with E-state index < -0.39 is 0 Å². The van der Waals surface area contributed by atoms with Crippen molar-refractivity contribution >= 4 is 22.7 Å². The molecule has 110 valence electrons. The maximum absolute atomic E-state index is 10.4. The van der Waals surface area contributed by atoms with Gasteiger partial charge in [0.1, 0.15) is 5.75 Å². The van der Waals surface area contributed by atoms with E-state index in [2.05, 4.69) is 37.0 Å². The number of para-hydroxylation sites is 1. The van der Waals surface area contributed by atoms with Gasteiger partial charge in [-0.15, -0.1) is 0 Å². The largest absolute Gasteiger partial charge is 0.507 e. The molecule has 0 spiro atoms. The van der Waals surface area contributed by atoms with Gasteiger partial charge in [0, 0.05) is 17.2 Å². The Morgan fingerprint density at radius 3 is 2.64 bits per heavy atom. The van der Waals surface area contributed by atoms with Crippen molar-refractivity contribution in [2.45, 2.75) is 20.3 Å². The van der Waals surface area contributed by atoms with Crippen molar-refractivity contribution in [1.29, 1.82) is 0 Å². The second-order valence-corrected chi connectivity index (χ2v) is 5.42. The minimum absolute atomic E-state index is 0.286. The van der Waals surface area contributed by atoms with Crippen molar-refractivity contribution in [2.75, 3.05) is 0 Å². The molecule has 0 radical (unpaired) electrons. The standard InChI is InChI=1S/C20H19NO/c1-3-15-9-6-7-14(2)19(15)21-13-17-12-11-16-8-4-5-10-18(16)20(17)22/h4-13,22H,3H2,1-2H3. The fourth-order valence-corrected chi connectivity index (χ4v) is 2.70. The highest BCUT2D eigenvalue weighted by molar-refractivity contribution is 5.97. The molecule has 0 aliphatic heterocycles. The van der Waals surface area contributed by atoms with Gasteiger partial charge in [0.15, 0.2) is 0 Å². The van der Waals surface area contributed by atoms with E-state index in [1.165, 1.54) is 5.56 Å². The first-order valence-corrected chi connectivity index (χ1v) is 7.54. The van der Waals surface area contributed by atoms with Crippen LogP contribution < -0.4 is 0 Å². The predicted octanol–water partition coefficient (Wildman–Crippen LogP) is 5.17. The highest BCUT2D eigenvalue weighted by Crippen LogP contribution is 2.29. The first-order chi connectivity index (χ1) is 10.7. The molecule has 2 heteroatoms. The third-order valence-electron chi connectivity index (χ3n) is 3.97. The van der Waals surface area contributed by atoms with Gasteiger partial charge in [-0.3, -0.25) is 4.99 Å². The van der Waals surface area contributed by atoms with Crippen LogP contribution in [0, 0.1) is 6.92 Å². The summed E-state index contributed by atoms with van der Waals surface area (Å²) in [6, 6.07) is 17.9. The van der Waals surface area contributed by atoms with Crippen LogP contribution in [0.1, 0.15) is 23.6 Å². The van der Waals surface area contributed by atoms with Gasteiger partial charge in [-0.05, 0) is 35.9 Å². The Balaban J connectivity index is 2.05. The summed E-state index contributed by atoms with van der Waals surface area (Å²) in [5.74, 6) is 0.286. The van der Waals surface area contributed by atoms with E-state index in [0.717, 1.165) is 34.0 Å². The normalized spacial score (nSPS) is 11.4. The molecule has 1 N–H and O–H groups in total. The second-order valence-electron chi connectivity index (χ2n) is 5.42. The summed E-state index contributed by atoms with van der Waals surface area (Å²) in [5, 5.41) is 12.3. The number of aromatic hydroxyl groups is 1. The van der Waals surface area contributed by atoms with Crippen molar-refractivity contribution in [2.24, 2.45) is 4.99 Å². The van der Waals surface area contributed by atoms with E-state index in [4.69, 9.17) is 0 Å². The van der Waals surface area contributed by atoms with Crippen molar-refractivity contribution in [3.05, 3.63) is 71.3 Å². The predicted molar refractivity (Wildman–Crippen MR) is 93.4 cm³/mol.